The third kappa shape index (κ3) is 2.80. The summed E-state index contributed by atoms with van der Waals surface area (Å²) in [5.41, 5.74) is 3.43. The van der Waals surface area contributed by atoms with Crippen LogP contribution in [0, 0.1) is 0 Å². The first-order valence-corrected chi connectivity index (χ1v) is 7.87. The zero-order chi connectivity index (χ0) is 17.4. The van der Waals surface area contributed by atoms with Gasteiger partial charge in [-0.15, -0.1) is 5.10 Å². The van der Waals surface area contributed by atoms with E-state index >= 15 is 0 Å². The van der Waals surface area contributed by atoms with Gasteiger partial charge in [0, 0.05) is 36.5 Å². The minimum Gasteiger partial charge on any atom is -0.481 e. The Morgan fingerprint density at radius 2 is 2.24 bits per heavy atom. The number of rotatable bonds is 3. The molecule has 0 saturated carbocycles. The molecule has 0 bridgehead atoms. The number of aromatic nitrogens is 3. The Morgan fingerprint density at radius 3 is 3.00 bits per heavy atom. The Morgan fingerprint density at radius 1 is 1.36 bits per heavy atom. The average Bonchev–Trinajstić information content (AvgIpc) is 3.16. The molecule has 126 valence electrons. The van der Waals surface area contributed by atoms with Crippen molar-refractivity contribution in [2.75, 3.05) is 19.4 Å². The maximum absolute atomic E-state index is 12.3. The Labute approximate surface area is 144 Å². The predicted molar refractivity (Wildman–Crippen MR) is 94.4 cm³/mol. The molecule has 0 saturated heterocycles. The fourth-order valence-corrected chi connectivity index (χ4v) is 2.87. The van der Waals surface area contributed by atoms with Gasteiger partial charge >= 0.3 is 0 Å². The second-order valence-electron chi connectivity index (χ2n) is 6.04. The highest BCUT2D eigenvalue weighted by Gasteiger charge is 2.29. The molecule has 1 unspecified atom stereocenters. The molecular weight excluding hydrogens is 318 g/mol. The van der Waals surface area contributed by atoms with Gasteiger partial charge < -0.3 is 15.0 Å². The SMILES string of the molecule is CN(C)C(=O)C1=CC=CC2Oc3ccc(Nc4cn[nH]n4)cc3C2=C1. The van der Waals surface area contributed by atoms with Gasteiger partial charge in [0.15, 0.2) is 5.82 Å². The predicted octanol–water partition coefficient (Wildman–Crippen LogP) is 2.28. The highest BCUT2D eigenvalue weighted by Crippen LogP contribution is 2.41. The number of H-pyrrole nitrogens is 1. The van der Waals surface area contributed by atoms with Crippen molar-refractivity contribution in [3.63, 3.8) is 0 Å². The van der Waals surface area contributed by atoms with Gasteiger partial charge in [-0.05, 0) is 36.4 Å². The molecule has 2 aromatic rings. The highest BCUT2D eigenvalue weighted by atomic mass is 16.5. The molecule has 2 N–H and O–H groups in total. The first-order chi connectivity index (χ1) is 12.1. The van der Waals surface area contributed by atoms with Crippen LogP contribution in [0.3, 0.4) is 0 Å². The number of carbonyl (C=O) groups excluding carboxylic acids is 1. The molecule has 4 rings (SSSR count). The van der Waals surface area contributed by atoms with Gasteiger partial charge in [0.25, 0.3) is 5.91 Å². The van der Waals surface area contributed by atoms with Crippen molar-refractivity contribution in [3.8, 4) is 5.75 Å². The fraction of sp³-hybridized carbons (Fsp3) is 0.167. The quantitative estimate of drug-likeness (QED) is 0.899. The highest BCUT2D eigenvalue weighted by molar-refractivity contribution is 6.00. The van der Waals surface area contributed by atoms with Crippen molar-refractivity contribution in [1.82, 2.24) is 20.3 Å². The molecule has 25 heavy (non-hydrogen) atoms. The topological polar surface area (TPSA) is 83.1 Å². The van der Waals surface area contributed by atoms with Crippen LogP contribution in [0.15, 0.2) is 54.3 Å². The normalized spacial score (nSPS) is 17.6. The van der Waals surface area contributed by atoms with Gasteiger partial charge in [0.2, 0.25) is 0 Å². The van der Waals surface area contributed by atoms with E-state index in [1.54, 1.807) is 25.2 Å². The van der Waals surface area contributed by atoms with Crippen molar-refractivity contribution in [1.29, 1.82) is 0 Å². The maximum atomic E-state index is 12.3. The van der Waals surface area contributed by atoms with Crippen LogP contribution in [0.1, 0.15) is 5.56 Å². The van der Waals surface area contributed by atoms with Gasteiger partial charge in [0.1, 0.15) is 11.9 Å². The lowest BCUT2D eigenvalue weighted by molar-refractivity contribution is -0.124. The molecule has 2 aliphatic rings. The number of anilines is 2. The number of fused-ring (bicyclic) bond motifs is 3. The second kappa shape index (κ2) is 5.94. The van der Waals surface area contributed by atoms with Gasteiger partial charge in [-0.25, -0.2) is 0 Å². The van der Waals surface area contributed by atoms with Crippen molar-refractivity contribution in [2.24, 2.45) is 0 Å². The van der Waals surface area contributed by atoms with E-state index in [2.05, 4.69) is 20.7 Å². The van der Waals surface area contributed by atoms with Crippen LogP contribution >= 0.6 is 0 Å². The Balaban J connectivity index is 1.71. The first kappa shape index (κ1) is 15.2. The minimum atomic E-state index is -0.194. The van der Waals surface area contributed by atoms with E-state index in [1.165, 1.54) is 0 Å². The monoisotopic (exact) mass is 335 g/mol. The number of aromatic amines is 1. The molecule has 0 radical (unpaired) electrons. The van der Waals surface area contributed by atoms with E-state index in [-0.39, 0.29) is 12.0 Å². The van der Waals surface area contributed by atoms with Gasteiger partial charge in [-0.1, -0.05) is 6.08 Å². The van der Waals surface area contributed by atoms with Gasteiger partial charge in [-0.2, -0.15) is 10.3 Å². The smallest absolute Gasteiger partial charge is 0.253 e. The standard InChI is InChI=1S/C18H17N5O2/c1-23(2)18(24)11-4-3-5-15-13(8-11)14-9-12(6-7-16(14)25-15)20-17-10-19-22-21-17/h3-10,15H,1-2H3,(H2,19,20,21,22). The number of hydrogen-bond donors (Lipinski definition) is 2. The molecule has 1 aromatic carbocycles. The number of allylic oxidation sites excluding steroid dienone is 2. The average molecular weight is 335 g/mol. The summed E-state index contributed by atoms with van der Waals surface area (Å²) in [5.74, 6) is 1.39. The summed E-state index contributed by atoms with van der Waals surface area (Å²) in [4.78, 5) is 13.9. The van der Waals surface area contributed by atoms with Crippen LogP contribution < -0.4 is 10.1 Å². The molecule has 2 heterocycles. The lowest BCUT2D eigenvalue weighted by atomic mass is 10.00. The van der Waals surface area contributed by atoms with Gasteiger partial charge in [0.05, 0.1) is 6.20 Å². The molecule has 0 spiro atoms. The Bertz CT molecular complexity index is 910. The van der Waals surface area contributed by atoms with Crippen LogP contribution in [0.5, 0.6) is 5.75 Å². The molecule has 1 aromatic heterocycles. The zero-order valence-corrected chi connectivity index (χ0v) is 13.9. The van der Waals surface area contributed by atoms with Crippen molar-refractivity contribution in [2.45, 2.75) is 6.10 Å². The number of nitrogens with zero attached hydrogens (tertiary/aromatic N) is 3. The van der Waals surface area contributed by atoms with Gasteiger partial charge in [-0.3, -0.25) is 4.79 Å². The number of ether oxygens (including phenoxy) is 1. The number of amides is 1. The summed E-state index contributed by atoms with van der Waals surface area (Å²) in [7, 11) is 3.49. The van der Waals surface area contributed by atoms with E-state index in [0.717, 1.165) is 22.6 Å². The van der Waals surface area contributed by atoms with Crippen LogP contribution in [0.2, 0.25) is 0 Å². The Hall–Kier alpha value is -3.35. The fourth-order valence-electron chi connectivity index (χ4n) is 2.87. The molecule has 7 heteroatoms. The maximum Gasteiger partial charge on any atom is 0.253 e. The van der Waals surface area contributed by atoms with Crippen molar-refractivity contribution in [3.05, 3.63) is 59.8 Å². The van der Waals surface area contributed by atoms with E-state index in [9.17, 15) is 4.79 Å². The molecule has 7 nitrogen and oxygen atoms in total. The molecule has 0 fully saturated rings. The van der Waals surface area contributed by atoms with E-state index in [0.29, 0.717) is 11.4 Å². The largest absolute Gasteiger partial charge is 0.481 e. The Kier molecular flexibility index (Phi) is 3.61. The van der Waals surface area contributed by atoms with Crippen molar-refractivity contribution >= 4 is 23.0 Å². The zero-order valence-electron chi connectivity index (χ0n) is 13.9. The first-order valence-electron chi connectivity index (χ1n) is 7.87. The van der Waals surface area contributed by atoms with E-state index in [1.807, 2.05) is 42.5 Å². The summed E-state index contributed by atoms with van der Waals surface area (Å²) >= 11 is 0. The number of nitrogens with one attached hydrogen (secondary N) is 2. The summed E-state index contributed by atoms with van der Waals surface area (Å²) in [5, 5.41) is 13.5. The lowest BCUT2D eigenvalue weighted by Gasteiger charge is -2.11. The molecule has 1 aliphatic carbocycles. The lowest BCUT2D eigenvalue weighted by Crippen LogP contribution is -2.22. The van der Waals surface area contributed by atoms with Crippen LogP contribution in [-0.2, 0) is 4.79 Å². The number of likely N-dealkylation sites (N-methyl/N-ethyl adjacent to an activating group) is 1. The second-order valence-corrected chi connectivity index (χ2v) is 6.04. The van der Waals surface area contributed by atoms with Crippen molar-refractivity contribution < 1.29 is 9.53 Å². The molecular formula is C18H17N5O2. The van der Waals surface area contributed by atoms with E-state index < -0.39 is 0 Å². The number of benzene rings is 1. The third-order valence-corrected chi connectivity index (χ3v) is 4.06. The van der Waals surface area contributed by atoms with Crippen LogP contribution in [-0.4, -0.2) is 46.4 Å². The molecule has 1 atom stereocenters. The van der Waals surface area contributed by atoms with E-state index in [4.69, 9.17) is 4.74 Å². The number of hydrogen-bond acceptors (Lipinski definition) is 5. The van der Waals surface area contributed by atoms with Crippen LogP contribution in [0.4, 0.5) is 11.5 Å². The summed E-state index contributed by atoms with van der Waals surface area (Å²) in [6.07, 6.45) is 8.95. The summed E-state index contributed by atoms with van der Waals surface area (Å²) in [6.45, 7) is 0. The minimum absolute atomic E-state index is 0.0388. The number of carbonyl (C=O) groups is 1. The third-order valence-electron chi connectivity index (χ3n) is 4.06. The molecule has 1 amide bonds. The summed E-state index contributed by atoms with van der Waals surface area (Å²) < 4.78 is 5.99. The molecule has 1 aliphatic heterocycles. The van der Waals surface area contributed by atoms with Crippen LogP contribution in [0.25, 0.3) is 5.57 Å². The summed E-state index contributed by atoms with van der Waals surface area (Å²) in [6, 6.07) is 5.83.